The van der Waals surface area contributed by atoms with E-state index < -0.39 is 15.9 Å². The molecule has 0 saturated carbocycles. The third kappa shape index (κ3) is 4.07. The van der Waals surface area contributed by atoms with Crippen LogP contribution in [0.3, 0.4) is 0 Å². The van der Waals surface area contributed by atoms with E-state index in [1.54, 1.807) is 48.5 Å². The monoisotopic (exact) mass is 331 g/mol. The second-order valence-electron chi connectivity index (χ2n) is 3.64. The smallest absolute Gasteiger partial charge is 0.0843 e. The lowest BCUT2D eigenvalue weighted by Crippen LogP contribution is -2.08. The van der Waals surface area contributed by atoms with Crippen LogP contribution < -0.4 is 15.5 Å². The van der Waals surface area contributed by atoms with E-state index in [1.165, 1.54) is 0 Å². The lowest BCUT2D eigenvalue weighted by atomic mass is 10.4. The first-order valence-electron chi connectivity index (χ1n) is 5.28. The fourth-order valence-corrected chi connectivity index (χ4v) is 4.03. The molecule has 2 unspecified atom stereocenters. The van der Waals surface area contributed by atoms with Crippen LogP contribution in [0.4, 0.5) is 0 Å². The Bertz CT molecular complexity index is 559. The molecule has 2 rings (SSSR count). The summed E-state index contributed by atoms with van der Waals surface area (Å²) in [7, 11) is -3.87. The number of rotatable bonds is 4. The Hall–Kier alpha value is -0.820. The SMILES string of the molecule is O=[P+](N[P+](=O)c1ccc(Cl)cc1)c1ccc(Cl)cc1. The van der Waals surface area contributed by atoms with Crippen LogP contribution in [-0.2, 0) is 9.13 Å². The topological polar surface area (TPSA) is 46.2 Å². The largest absolute Gasteiger partial charge is 0.515 e. The van der Waals surface area contributed by atoms with Crippen LogP contribution in [0.5, 0.6) is 0 Å². The summed E-state index contributed by atoms with van der Waals surface area (Å²) >= 11 is 11.5. The molecule has 19 heavy (non-hydrogen) atoms. The minimum Gasteiger partial charge on any atom is -0.0843 e. The number of nitrogens with one attached hydrogen (secondary N) is 1. The van der Waals surface area contributed by atoms with Crippen LogP contribution in [0.25, 0.3) is 0 Å². The van der Waals surface area contributed by atoms with Gasteiger partial charge in [-0.05, 0) is 57.7 Å². The molecule has 0 saturated heterocycles. The quantitative estimate of drug-likeness (QED) is 0.861. The average molecular weight is 332 g/mol. The van der Waals surface area contributed by atoms with Gasteiger partial charge in [0.1, 0.15) is 4.86 Å². The molecule has 3 nitrogen and oxygen atoms in total. The van der Waals surface area contributed by atoms with Crippen LogP contribution in [0.2, 0.25) is 10.0 Å². The third-order valence-electron chi connectivity index (χ3n) is 2.30. The lowest BCUT2D eigenvalue weighted by molar-refractivity contribution is 0.582. The van der Waals surface area contributed by atoms with Gasteiger partial charge in [-0.1, -0.05) is 23.2 Å². The van der Waals surface area contributed by atoms with Gasteiger partial charge in [-0.2, -0.15) is 0 Å². The van der Waals surface area contributed by atoms with Gasteiger partial charge in [-0.15, -0.1) is 0 Å². The fourth-order valence-electron chi connectivity index (χ4n) is 1.35. The standard InChI is InChI=1S/C12H9Cl2NO2P2/c13-9-1-5-11(6-2-9)18(16)15-19(17)12-7-3-10(14)4-8-12/h1-8H,(H,15,16,17)/q+2. The summed E-state index contributed by atoms with van der Waals surface area (Å²) < 4.78 is 24.0. The van der Waals surface area contributed by atoms with Crippen molar-refractivity contribution in [3.05, 3.63) is 58.6 Å². The maximum Gasteiger partial charge on any atom is 0.515 e. The van der Waals surface area contributed by atoms with E-state index >= 15 is 0 Å². The van der Waals surface area contributed by atoms with Crippen LogP contribution in [0, 0.1) is 0 Å². The van der Waals surface area contributed by atoms with E-state index in [1.807, 2.05) is 0 Å². The Labute approximate surface area is 122 Å². The average Bonchev–Trinajstić information content (AvgIpc) is 2.40. The predicted octanol–water partition coefficient (Wildman–Crippen LogP) is 4.02. The van der Waals surface area contributed by atoms with Gasteiger partial charge in [0.05, 0.1) is 0 Å². The number of hydrogen-bond donors (Lipinski definition) is 1. The van der Waals surface area contributed by atoms with E-state index in [0.29, 0.717) is 20.7 Å². The molecule has 0 aliphatic rings. The molecule has 0 aliphatic carbocycles. The predicted molar refractivity (Wildman–Crippen MR) is 80.5 cm³/mol. The first kappa shape index (κ1) is 14.6. The highest BCUT2D eigenvalue weighted by molar-refractivity contribution is 7.66. The van der Waals surface area contributed by atoms with Crippen LogP contribution >= 0.6 is 39.1 Å². The Morgan fingerprint density at radius 2 is 1.00 bits per heavy atom. The van der Waals surface area contributed by atoms with Crippen LogP contribution in [0.15, 0.2) is 48.5 Å². The maximum atomic E-state index is 12.0. The van der Waals surface area contributed by atoms with Crippen LogP contribution in [-0.4, -0.2) is 0 Å². The molecular weight excluding hydrogens is 323 g/mol. The minimum atomic E-state index is -1.93. The van der Waals surface area contributed by atoms with Crippen molar-refractivity contribution in [2.24, 2.45) is 0 Å². The zero-order chi connectivity index (χ0) is 13.8. The van der Waals surface area contributed by atoms with Crippen molar-refractivity contribution in [3.8, 4) is 0 Å². The summed E-state index contributed by atoms with van der Waals surface area (Å²) in [6.07, 6.45) is 0. The van der Waals surface area contributed by atoms with Crippen molar-refractivity contribution in [1.29, 1.82) is 0 Å². The fraction of sp³-hybridized carbons (Fsp3) is 0. The van der Waals surface area contributed by atoms with Gasteiger partial charge in [0.15, 0.2) is 0 Å². The Kier molecular flexibility index (Phi) is 5.04. The van der Waals surface area contributed by atoms with Gasteiger partial charge in [-0.3, -0.25) is 0 Å². The molecule has 0 radical (unpaired) electrons. The summed E-state index contributed by atoms with van der Waals surface area (Å²) in [6, 6.07) is 13.1. The van der Waals surface area contributed by atoms with E-state index in [4.69, 9.17) is 23.2 Å². The molecule has 0 spiro atoms. The number of benzene rings is 2. The summed E-state index contributed by atoms with van der Waals surface area (Å²) in [4.78, 5) is 2.58. The highest BCUT2D eigenvalue weighted by atomic mass is 35.5. The van der Waals surface area contributed by atoms with Gasteiger partial charge in [0.25, 0.3) is 0 Å². The highest BCUT2D eigenvalue weighted by Crippen LogP contribution is 2.27. The van der Waals surface area contributed by atoms with Crippen molar-refractivity contribution in [3.63, 3.8) is 0 Å². The Balaban J connectivity index is 2.08. The molecule has 0 aromatic heterocycles. The molecule has 1 N–H and O–H groups in total. The van der Waals surface area contributed by atoms with E-state index in [9.17, 15) is 9.13 Å². The zero-order valence-corrected chi connectivity index (χ0v) is 12.9. The van der Waals surface area contributed by atoms with E-state index in [2.05, 4.69) is 4.86 Å². The Morgan fingerprint density at radius 1 is 0.684 bits per heavy atom. The molecule has 96 valence electrons. The van der Waals surface area contributed by atoms with Gasteiger partial charge >= 0.3 is 15.9 Å². The molecule has 2 aromatic carbocycles. The number of halogens is 2. The summed E-state index contributed by atoms with van der Waals surface area (Å²) in [5.41, 5.74) is 0. The summed E-state index contributed by atoms with van der Waals surface area (Å²) in [6.45, 7) is 0. The molecule has 2 atom stereocenters. The molecule has 0 bridgehead atoms. The zero-order valence-electron chi connectivity index (χ0n) is 9.59. The van der Waals surface area contributed by atoms with Crippen molar-refractivity contribution in [1.82, 2.24) is 4.86 Å². The normalized spacial score (nSPS) is 12.1. The molecule has 2 aromatic rings. The Morgan fingerprint density at radius 3 is 1.32 bits per heavy atom. The van der Waals surface area contributed by atoms with Gasteiger partial charge in [-0.25, -0.2) is 0 Å². The third-order valence-corrected chi connectivity index (χ3v) is 5.80. The molecule has 7 heteroatoms. The molecule has 0 aliphatic heterocycles. The molecule has 0 amide bonds. The second-order valence-corrected chi connectivity index (χ2v) is 7.52. The van der Waals surface area contributed by atoms with E-state index in [-0.39, 0.29) is 0 Å². The van der Waals surface area contributed by atoms with Crippen molar-refractivity contribution in [2.45, 2.75) is 0 Å². The lowest BCUT2D eigenvalue weighted by Gasteiger charge is -1.88. The van der Waals surface area contributed by atoms with E-state index in [0.717, 1.165) is 0 Å². The van der Waals surface area contributed by atoms with Crippen molar-refractivity contribution < 1.29 is 9.13 Å². The maximum absolute atomic E-state index is 12.0. The minimum absolute atomic E-state index is 0.553. The summed E-state index contributed by atoms with van der Waals surface area (Å²) in [5.74, 6) is 0. The molecular formula is C12H9Cl2NO2P2+2. The van der Waals surface area contributed by atoms with Crippen molar-refractivity contribution >= 4 is 49.7 Å². The number of hydrogen-bond acceptors (Lipinski definition) is 2. The molecule has 0 heterocycles. The second kappa shape index (κ2) is 6.56. The van der Waals surface area contributed by atoms with Gasteiger partial charge in [0.2, 0.25) is 10.6 Å². The van der Waals surface area contributed by atoms with Crippen LogP contribution in [0.1, 0.15) is 0 Å². The molecule has 0 fully saturated rings. The van der Waals surface area contributed by atoms with Gasteiger partial charge in [0, 0.05) is 10.0 Å². The first-order valence-corrected chi connectivity index (χ1v) is 8.56. The first-order chi connectivity index (χ1) is 9.06. The van der Waals surface area contributed by atoms with Crippen molar-refractivity contribution in [2.75, 3.05) is 0 Å². The van der Waals surface area contributed by atoms with Gasteiger partial charge < -0.3 is 0 Å². The summed E-state index contributed by atoms with van der Waals surface area (Å²) in [5, 5.41) is 2.23. The highest BCUT2D eigenvalue weighted by Gasteiger charge is 2.34.